The number of nitrogens with zero attached hydrogens (tertiary/aromatic N) is 1. The van der Waals surface area contributed by atoms with E-state index in [0.29, 0.717) is 10.9 Å². The molecule has 0 aliphatic carbocycles. The molecule has 0 unspecified atom stereocenters. The third-order valence-electron chi connectivity index (χ3n) is 3.86. The van der Waals surface area contributed by atoms with Gasteiger partial charge in [0.15, 0.2) is 0 Å². The lowest BCUT2D eigenvalue weighted by Gasteiger charge is -2.12. The van der Waals surface area contributed by atoms with Crippen molar-refractivity contribution in [3.63, 3.8) is 0 Å². The summed E-state index contributed by atoms with van der Waals surface area (Å²) in [7, 11) is 0. The lowest BCUT2D eigenvalue weighted by Crippen LogP contribution is -2.06. The van der Waals surface area contributed by atoms with Crippen molar-refractivity contribution < 1.29 is 5.11 Å². The van der Waals surface area contributed by atoms with E-state index >= 15 is 0 Å². The zero-order chi connectivity index (χ0) is 15.1. The first-order chi connectivity index (χ1) is 9.99. The first-order valence-corrected chi connectivity index (χ1v) is 6.55. The molecule has 0 amide bonds. The van der Waals surface area contributed by atoms with E-state index < -0.39 is 0 Å². The standard InChI is InChI=1S/C16H15N3O2/c1-8-9(2)13(17)4-3-11(8)10-5-12-15(14(20)6-10)18-7-19-16(12)21/h3-7,20H,17H2,1-2H3,(H,18,19,21). The minimum absolute atomic E-state index is 0.0116. The first kappa shape index (κ1) is 13.2. The number of hydrogen-bond acceptors (Lipinski definition) is 4. The second-order valence-corrected chi connectivity index (χ2v) is 5.08. The molecule has 0 radical (unpaired) electrons. The lowest BCUT2D eigenvalue weighted by molar-refractivity contribution is 0.480. The molecule has 0 saturated carbocycles. The number of fused-ring (bicyclic) bond motifs is 1. The van der Waals surface area contributed by atoms with Crippen LogP contribution in [0.3, 0.4) is 0 Å². The van der Waals surface area contributed by atoms with Crippen LogP contribution in [0.25, 0.3) is 22.0 Å². The average Bonchev–Trinajstić information content (AvgIpc) is 2.46. The molecular weight excluding hydrogens is 266 g/mol. The van der Waals surface area contributed by atoms with Gasteiger partial charge in [0.05, 0.1) is 11.7 Å². The Bertz CT molecular complexity index is 913. The highest BCUT2D eigenvalue weighted by Gasteiger charge is 2.12. The van der Waals surface area contributed by atoms with Gasteiger partial charge in [-0.25, -0.2) is 4.98 Å². The molecule has 5 heteroatoms. The van der Waals surface area contributed by atoms with E-state index in [4.69, 9.17) is 5.73 Å². The molecule has 0 bridgehead atoms. The maximum Gasteiger partial charge on any atom is 0.258 e. The monoisotopic (exact) mass is 281 g/mol. The van der Waals surface area contributed by atoms with Gasteiger partial charge in [-0.1, -0.05) is 6.07 Å². The second-order valence-electron chi connectivity index (χ2n) is 5.08. The number of aromatic amines is 1. The maximum atomic E-state index is 11.9. The summed E-state index contributed by atoms with van der Waals surface area (Å²) in [4.78, 5) is 18.4. The zero-order valence-electron chi connectivity index (χ0n) is 11.8. The molecule has 0 aliphatic rings. The molecule has 5 nitrogen and oxygen atoms in total. The first-order valence-electron chi connectivity index (χ1n) is 6.55. The number of phenolic OH excluding ortho intramolecular Hbond substituents is 1. The predicted molar refractivity (Wildman–Crippen MR) is 83.4 cm³/mol. The normalized spacial score (nSPS) is 11.0. The van der Waals surface area contributed by atoms with Crippen molar-refractivity contribution in [3.05, 3.63) is 52.1 Å². The van der Waals surface area contributed by atoms with Crippen molar-refractivity contribution >= 4 is 16.6 Å². The molecule has 0 atom stereocenters. The summed E-state index contributed by atoms with van der Waals surface area (Å²) in [6.45, 7) is 3.92. The van der Waals surface area contributed by atoms with Gasteiger partial charge in [-0.3, -0.25) is 4.79 Å². The SMILES string of the molecule is Cc1c(N)ccc(-c2cc(O)c3nc[nH]c(=O)c3c2)c1C. The van der Waals surface area contributed by atoms with Crippen LogP contribution in [0.5, 0.6) is 5.75 Å². The molecule has 4 N–H and O–H groups in total. The Morgan fingerprint density at radius 3 is 2.71 bits per heavy atom. The summed E-state index contributed by atoms with van der Waals surface area (Å²) in [5.74, 6) is -0.0116. The predicted octanol–water partition coefficient (Wildman–Crippen LogP) is 2.49. The van der Waals surface area contributed by atoms with Gasteiger partial charge in [0.25, 0.3) is 5.56 Å². The number of nitrogens with two attached hydrogens (primary N) is 1. The van der Waals surface area contributed by atoms with E-state index in [0.717, 1.165) is 27.9 Å². The van der Waals surface area contributed by atoms with E-state index in [9.17, 15) is 9.90 Å². The van der Waals surface area contributed by atoms with Crippen molar-refractivity contribution in [2.45, 2.75) is 13.8 Å². The highest BCUT2D eigenvalue weighted by atomic mass is 16.3. The molecule has 0 fully saturated rings. The molecule has 1 aromatic heterocycles. The van der Waals surface area contributed by atoms with Gasteiger partial charge in [0.2, 0.25) is 0 Å². The number of benzene rings is 2. The molecule has 3 aromatic rings. The number of rotatable bonds is 1. The van der Waals surface area contributed by atoms with Crippen molar-refractivity contribution in [2.75, 3.05) is 5.73 Å². The van der Waals surface area contributed by atoms with Crippen molar-refractivity contribution in [2.24, 2.45) is 0 Å². The lowest BCUT2D eigenvalue weighted by atomic mass is 9.95. The minimum atomic E-state index is -0.276. The Balaban J connectivity index is 2.34. The van der Waals surface area contributed by atoms with Crippen LogP contribution < -0.4 is 11.3 Å². The minimum Gasteiger partial charge on any atom is -0.506 e. The average molecular weight is 281 g/mol. The number of nitrogens with one attached hydrogen (secondary N) is 1. The molecular formula is C16H15N3O2. The van der Waals surface area contributed by atoms with Gasteiger partial charge >= 0.3 is 0 Å². The molecule has 1 heterocycles. The van der Waals surface area contributed by atoms with E-state index in [1.165, 1.54) is 6.33 Å². The molecule has 0 spiro atoms. The third kappa shape index (κ3) is 2.03. The number of nitrogen functional groups attached to an aromatic ring is 1. The molecule has 106 valence electrons. The summed E-state index contributed by atoms with van der Waals surface area (Å²) < 4.78 is 0. The number of H-pyrrole nitrogens is 1. The van der Waals surface area contributed by atoms with Crippen LogP contribution in [-0.2, 0) is 0 Å². The largest absolute Gasteiger partial charge is 0.506 e. The second kappa shape index (κ2) is 4.63. The molecule has 0 aliphatic heterocycles. The number of aromatic hydroxyl groups is 1. The Morgan fingerprint density at radius 2 is 1.95 bits per heavy atom. The Labute approximate surface area is 121 Å². The molecule has 3 rings (SSSR count). The van der Waals surface area contributed by atoms with E-state index in [1.807, 2.05) is 26.0 Å². The summed E-state index contributed by atoms with van der Waals surface area (Å²) in [6.07, 6.45) is 1.28. The van der Waals surface area contributed by atoms with Crippen molar-refractivity contribution in [1.29, 1.82) is 0 Å². The Morgan fingerprint density at radius 1 is 1.19 bits per heavy atom. The fourth-order valence-electron chi connectivity index (χ4n) is 2.47. The van der Waals surface area contributed by atoms with Gasteiger partial charge in [0, 0.05) is 5.69 Å². The van der Waals surface area contributed by atoms with Crippen LogP contribution in [0.2, 0.25) is 0 Å². The van der Waals surface area contributed by atoms with Crippen LogP contribution >= 0.6 is 0 Å². The smallest absolute Gasteiger partial charge is 0.258 e. The Hall–Kier alpha value is -2.82. The van der Waals surface area contributed by atoms with Crippen LogP contribution in [-0.4, -0.2) is 15.1 Å². The highest BCUT2D eigenvalue weighted by molar-refractivity contribution is 5.89. The van der Waals surface area contributed by atoms with E-state index in [2.05, 4.69) is 9.97 Å². The van der Waals surface area contributed by atoms with Crippen LogP contribution in [0, 0.1) is 13.8 Å². The quantitative estimate of drug-likeness (QED) is 0.597. The molecule has 21 heavy (non-hydrogen) atoms. The van der Waals surface area contributed by atoms with Crippen LogP contribution in [0.4, 0.5) is 5.69 Å². The number of aromatic nitrogens is 2. The molecule has 2 aromatic carbocycles. The highest BCUT2D eigenvalue weighted by Crippen LogP contribution is 2.33. The number of hydrogen-bond donors (Lipinski definition) is 3. The van der Waals surface area contributed by atoms with E-state index in [-0.39, 0.29) is 11.3 Å². The fourth-order valence-corrected chi connectivity index (χ4v) is 2.47. The van der Waals surface area contributed by atoms with Crippen molar-refractivity contribution in [3.8, 4) is 16.9 Å². The number of phenols is 1. The van der Waals surface area contributed by atoms with Gasteiger partial charge in [-0.2, -0.15) is 0 Å². The maximum absolute atomic E-state index is 11.9. The zero-order valence-corrected chi connectivity index (χ0v) is 11.8. The fraction of sp³-hybridized carbons (Fsp3) is 0.125. The summed E-state index contributed by atoms with van der Waals surface area (Å²) >= 11 is 0. The summed E-state index contributed by atoms with van der Waals surface area (Å²) in [5, 5.41) is 10.5. The number of anilines is 1. The van der Waals surface area contributed by atoms with Gasteiger partial charge in [-0.05, 0) is 54.3 Å². The van der Waals surface area contributed by atoms with Crippen LogP contribution in [0.15, 0.2) is 35.4 Å². The van der Waals surface area contributed by atoms with Gasteiger partial charge < -0.3 is 15.8 Å². The summed E-state index contributed by atoms with van der Waals surface area (Å²) in [5.41, 5.74) is 10.4. The van der Waals surface area contributed by atoms with Gasteiger partial charge in [-0.15, -0.1) is 0 Å². The Kier molecular flexibility index (Phi) is 2.90. The summed E-state index contributed by atoms with van der Waals surface area (Å²) in [6, 6.07) is 7.07. The molecule has 0 saturated heterocycles. The van der Waals surface area contributed by atoms with E-state index in [1.54, 1.807) is 12.1 Å². The third-order valence-corrected chi connectivity index (χ3v) is 3.86. The van der Waals surface area contributed by atoms with Crippen LogP contribution in [0.1, 0.15) is 11.1 Å². The van der Waals surface area contributed by atoms with Gasteiger partial charge in [0.1, 0.15) is 11.3 Å². The van der Waals surface area contributed by atoms with Crippen molar-refractivity contribution in [1.82, 2.24) is 9.97 Å². The topological polar surface area (TPSA) is 92.0 Å².